The van der Waals surface area contributed by atoms with Crippen LogP contribution in [0.2, 0.25) is 0 Å². The van der Waals surface area contributed by atoms with E-state index in [0.717, 1.165) is 25.7 Å². The van der Waals surface area contributed by atoms with E-state index >= 15 is 0 Å². The molecule has 0 amide bonds. The molecule has 0 radical (unpaired) electrons. The van der Waals surface area contributed by atoms with Gasteiger partial charge in [-0.2, -0.15) is 4.37 Å². The molecule has 0 saturated carbocycles. The highest BCUT2D eigenvalue weighted by Crippen LogP contribution is 2.39. The molecular formula is C16H15F2N3S3. The summed E-state index contributed by atoms with van der Waals surface area (Å²) in [6.45, 7) is 2.44. The molecule has 3 nitrogen and oxygen atoms in total. The Kier molecular flexibility index (Phi) is 5.46. The average molecular weight is 384 g/mol. The highest BCUT2D eigenvalue weighted by molar-refractivity contribution is 7.24. The van der Waals surface area contributed by atoms with Crippen LogP contribution in [0.15, 0.2) is 17.5 Å². The van der Waals surface area contributed by atoms with Gasteiger partial charge in [0, 0.05) is 16.2 Å². The van der Waals surface area contributed by atoms with Gasteiger partial charge in [0.15, 0.2) is 0 Å². The van der Waals surface area contributed by atoms with E-state index in [1.54, 1.807) is 18.3 Å². The van der Waals surface area contributed by atoms with Crippen LogP contribution in [0.1, 0.15) is 22.2 Å². The summed E-state index contributed by atoms with van der Waals surface area (Å²) in [5, 5.41) is 6.35. The summed E-state index contributed by atoms with van der Waals surface area (Å²) in [6, 6.07) is 2.88. The first kappa shape index (κ1) is 17.3. The molecule has 0 aliphatic rings. The highest BCUT2D eigenvalue weighted by Gasteiger charge is 2.22. The number of alkyl halides is 2. The minimum absolute atomic E-state index is 0.109. The third kappa shape index (κ3) is 3.59. The van der Waals surface area contributed by atoms with E-state index in [1.165, 1.54) is 27.7 Å². The van der Waals surface area contributed by atoms with Crippen LogP contribution in [0, 0.1) is 11.8 Å². The van der Waals surface area contributed by atoms with E-state index in [9.17, 15) is 8.78 Å². The molecule has 8 heteroatoms. The molecule has 0 unspecified atom stereocenters. The molecule has 1 atom stereocenters. The SMILES string of the molecule is CC#Cc1c(C[C@@H](N)C(F)F)sc2c(NCc3cccs3)snc12. The lowest BCUT2D eigenvalue weighted by atomic mass is 10.1. The Labute approximate surface area is 150 Å². The number of hydrogen-bond acceptors (Lipinski definition) is 6. The molecule has 0 aliphatic heterocycles. The third-order valence-corrected chi connectivity index (χ3v) is 6.42. The van der Waals surface area contributed by atoms with Gasteiger partial charge in [0.1, 0.15) is 10.5 Å². The van der Waals surface area contributed by atoms with Gasteiger partial charge >= 0.3 is 0 Å². The molecule has 3 N–H and O–H groups in total. The number of aromatic nitrogens is 1. The van der Waals surface area contributed by atoms with Crippen molar-refractivity contribution in [1.29, 1.82) is 0 Å². The predicted molar refractivity (Wildman–Crippen MR) is 99.4 cm³/mol. The lowest BCUT2D eigenvalue weighted by Crippen LogP contribution is -2.30. The van der Waals surface area contributed by atoms with Crippen molar-refractivity contribution in [3.63, 3.8) is 0 Å². The number of nitrogens with one attached hydrogen (secondary N) is 1. The lowest BCUT2D eigenvalue weighted by Gasteiger charge is -2.08. The summed E-state index contributed by atoms with van der Waals surface area (Å²) in [4.78, 5) is 2.00. The number of nitrogens with two attached hydrogens (primary N) is 1. The van der Waals surface area contributed by atoms with E-state index in [2.05, 4.69) is 27.6 Å². The molecule has 3 rings (SSSR count). The number of anilines is 1. The van der Waals surface area contributed by atoms with Crippen LogP contribution in [0.5, 0.6) is 0 Å². The summed E-state index contributed by atoms with van der Waals surface area (Å²) < 4.78 is 31.0. The second-order valence-electron chi connectivity index (χ2n) is 5.10. The van der Waals surface area contributed by atoms with Gasteiger partial charge in [0.05, 0.1) is 22.8 Å². The van der Waals surface area contributed by atoms with Crippen LogP contribution >= 0.6 is 34.2 Å². The summed E-state index contributed by atoms with van der Waals surface area (Å²) in [5.41, 5.74) is 7.05. The summed E-state index contributed by atoms with van der Waals surface area (Å²) in [5.74, 6) is 5.85. The maximum atomic E-state index is 12.8. The number of nitrogens with zero attached hydrogens (tertiary/aromatic N) is 1. The van der Waals surface area contributed by atoms with Crippen molar-refractivity contribution < 1.29 is 8.78 Å². The molecule has 126 valence electrons. The van der Waals surface area contributed by atoms with E-state index in [-0.39, 0.29) is 6.42 Å². The molecule has 0 aromatic carbocycles. The van der Waals surface area contributed by atoms with Gasteiger partial charge in [-0.1, -0.05) is 12.0 Å². The lowest BCUT2D eigenvalue weighted by molar-refractivity contribution is 0.116. The number of hydrogen-bond donors (Lipinski definition) is 2. The van der Waals surface area contributed by atoms with Crippen LogP contribution in [0.25, 0.3) is 10.2 Å². The minimum Gasteiger partial charge on any atom is -0.370 e. The fraction of sp³-hybridized carbons (Fsp3) is 0.312. The van der Waals surface area contributed by atoms with E-state index in [0.29, 0.717) is 6.54 Å². The molecule has 0 aliphatic carbocycles. The molecule has 24 heavy (non-hydrogen) atoms. The van der Waals surface area contributed by atoms with Crippen molar-refractivity contribution in [3.8, 4) is 11.8 Å². The second kappa shape index (κ2) is 7.57. The molecule has 0 spiro atoms. The first-order valence-electron chi connectivity index (χ1n) is 7.24. The molecule has 3 heterocycles. The Morgan fingerprint density at radius 2 is 2.25 bits per heavy atom. The first-order valence-corrected chi connectivity index (χ1v) is 9.71. The van der Waals surface area contributed by atoms with Crippen LogP contribution in [-0.2, 0) is 13.0 Å². The molecule has 3 aromatic rings. The van der Waals surface area contributed by atoms with Gasteiger partial charge in [-0.25, -0.2) is 8.78 Å². The molecular weight excluding hydrogens is 368 g/mol. The van der Waals surface area contributed by atoms with Gasteiger partial charge in [-0.15, -0.1) is 28.6 Å². The topological polar surface area (TPSA) is 50.9 Å². The van der Waals surface area contributed by atoms with E-state index < -0.39 is 12.5 Å². The molecule has 3 aromatic heterocycles. The van der Waals surface area contributed by atoms with Crippen molar-refractivity contribution in [1.82, 2.24) is 4.37 Å². The molecule has 0 fully saturated rings. The molecule has 0 saturated heterocycles. The maximum Gasteiger partial charge on any atom is 0.253 e. The van der Waals surface area contributed by atoms with E-state index in [4.69, 9.17) is 5.73 Å². The predicted octanol–water partition coefficient (Wildman–Crippen LogP) is 4.54. The van der Waals surface area contributed by atoms with Crippen molar-refractivity contribution in [2.75, 3.05) is 5.32 Å². The van der Waals surface area contributed by atoms with Crippen molar-refractivity contribution in [3.05, 3.63) is 32.8 Å². The van der Waals surface area contributed by atoms with Gasteiger partial charge in [-0.05, 0) is 29.9 Å². The Morgan fingerprint density at radius 1 is 1.42 bits per heavy atom. The Balaban J connectivity index is 1.91. The largest absolute Gasteiger partial charge is 0.370 e. The van der Waals surface area contributed by atoms with Crippen LogP contribution in [0.3, 0.4) is 0 Å². The van der Waals surface area contributed by atoms with Crippen molar-refractivity contribution >= 4 is 49.4 Å². The zero-order valence-electron chi connectivity index (χ0n) is 12.8. The maximum absolute atomic E-state index is 12.8. The zero-order valence-corrected chi connectivity index (χ0v) is 15.3. The van der Waals surface area contributed by atoms with Crippen molar-refractivity contribution in [2.24, 2.45) is 5.73 Å². The fourth-order valence-corrected chi connectivity index (χ4v) is 5.04. The fourth-order valence-electron chi connectivity index (χ4n) is 2.24. The van der Waals surface area contributed by atoms with Crippen molar-refractivity contribution in [2.45, 2.75) is 32.4 Å². The summed E-state index contributed by atoms with van der Waals surface area (Å²) >= 11 is 4.51. The average Bonchev–Trinajstić information content (AvgIpc) is 3.25. The Hall–Kier alpha value is -1.53. The van der Waals surface area contributed by atoms with Crippen LogP contribution in [0.4, 0.5) is 13.8 Å². The first-order chi connectivity index (χ1) is 11.6. The second-order valence-corrected chi connectivity index (χ2v) is 8.01. The number of rotatable bonds is 6. The van der Waals surface area contributed by atoms with Crippen LogP contribution in [-0.4, -0.2) is 16.8 Å². The Morgan fingerprint density at radius 3 is 2.92 bits per heavy atom. The minimum atomic E-state index is -2.55. The van der Waals surface area contributed by atoms with E-state index in [1.807, 2.05) is 11.4 Å². The van der Waals surface area contributed by atoms with Gasteiger partial charge in [0.2, 0.25) is 0 Å². The molecule has 0 bridgehead atoms. The van der Waals surface area contributed by atoms with Crippen LogP contribution < -0.4 is 11.1 Å². The normalized spacial score (nSPS) is 12.4. The standard InChI is InChI=1S/C16H15F2N3S3/c1-2-4-10-12(7-11(19)15(17)18)23-14-13(10)21-24-16(14)20-8-9-5-3-6-22-9/h3,5-6,11,15,20H,7-8,19H2,1H3/t11-/m1/s1. The number of halogens is 2. The number of fused-ring (bicyclic) bond motifs is 1. The summed E-state index contributed by atoms with van der Waals surface area (Å²) in [7, 11) is 0. The zero-order chi connectivity index (χ0) is 17.1. The van der Waals surface area contributed by atoms with Gasteiger partial charge in [0.25, 0.3) is 6.43 Å². The van der Waals surface area contributed by atoms with Gasteiger partial charge in [-0.3, -0.25) is 0 Å². The quantitative estimate of drug-likeness (QED) is 0.615. The smallest absolute Gasteiger partial charge is 0.253 e. The highest BCUT2D eigenvalue weighted by atomic mass is 32.1. The Bertz CT molecular complexity index is 872. The monoisotopic (exact) mass is 383 g/mol. The summed E-state index contributed by atoms with van der Waals surface area (Å²) in [6.07, 6.45) is -2.44. The number of thiophene rings is 2. The van der Waals surface area contributed by atoms with Gasteiger partial charge < -0.3 is 11.1 Å². The third-order valence-electron chi connectivity index (χ3n) is 3.39.